The van der Waals surface area contributed by atoms with Crippen molar-refractivity contribution in [2.24, 2.45) is 0 Å². The molecular weight excluding hydrogens is 409 g/mol. The van der Waals surface area contributed by atoms with Gasteiger partial charge in [-0.25, -0.2) is 0 Å². The lowest BCUT2D eigenvalue weighted by Crippen LogP contribution is -2.45. The second-order valence-corrected chi connectivity index (χ2v) is 11.2. The van der Waals surface area contributed by atoms with Crippen molar-refractivity contribution < 1.29 is 5.11 Å². The fourth-order valence-corrected chi connectivity index (χ4v) is 7.80. The molecule has 32 heavy (non-hydrogen) atoms. The number of nitrogens with zero attached hydrogens (tertiary/aromatic N) is 1. The number of hydrogen-bond donors (Lipinski definition) is 1. The first-order chi connectivity index (χ1) is 15.8. The minimum absolute atomic E-state index is 0.310. The Kier molecular flexibility index (Phi) is 9.20. The van der Waals surface area contributed by atoms with Crippen molar-refractivity contribution in [1.82, 2.24) is 4.90 Å². The van der Waals surface area contributed by atoms with Crippen molar-refractivity contribution in [2.45, 2.75) is 64.0 Å². The summed E-state index contributed by atoms with van der Waals surface area (Å²) in [4.78, 5) is 2.78. The predicted molar refractivity (Wildman–Crippen MR) is 138 cm³/mol. The van der Waals surface area contributed by atoms with E-state index in [9.17, 15) is 5.11 Å². The number of unbranched alkanes of at least 4 members (excludes halogenated alkanes) is 2. The highest BCUT2D eigenvalue weighted by molar-refractivity contribution is 7.76. The van der Waals surface area contributed by atoms with Crippen molar-refractivity contribution in [1.29, 1.82) is 0 Å². The third kappa shape index (κ3) is 5.82. The number of aliphatic hydroxyl groups excluding tert-OH is 1. The molecule has 2 aliphatic carbocycles. The number of hydrogen-bond acceptors (Lipinski definition) is 2. The van der Waals surface area contributed by atoms with Gasteiger partial charge in [0.2, 0.25) is 0 Å². The first-order valence-electron chi connectivity index (χ1n) is 12.3. The highest BCUT2D eigenvalue weighted by atomic mass is 31.1. The molecule has 0 aromatic heterocycles. The van der Waals surface area contributed by atoms with Crippen molar-refractivity contribution in [2.75, 3.05) is 13.2 Å². The Bertz CT molecular complexity index is 737. The molecule has 0 amide bonds. The third-order valence-electron chi connectivity index (χ3n) is 6.91. The Morgan fingerprint density at radius 1 is 0.875 bits per heavy atom. The van der Waals surface area contributed by atoms with Crippen molar-refractivity contribution in [3.63, 3.8) is 0 Å². The van der Waals surface area contributed by atoms with Gasteiger partial charge < -0.3 is 5.11 Å². The van der Waals surface area contributed by atoms with Crippen LogP contribution in [-0.4, -0.2) is 35.2 Å². The van der Waals surface area contributed by atoms with Gasteiger partial charge in [0.05, 0.1) is 0 Å². The van der Waals surface area contributed by atoms with Crippen LogP contribution in [0, 0.1) is 30.8 Å². The van der Waals surface area contributed by atoms with Gasteiger partial charge in [-0.1, -0.05) is 73.5 Å². The van der Waals surface area contributed by atoms with Crippen molar-refractivity contribution >= 4 is 18.5 Å². The standard InChI is InChI=1S/C29H37NOP/c1-24(30(22-11-4-12-23-31)25-14-9-10-15-25)28-20-13-21-29(28)32(26-16-5-2-6-17-26)27-18-7-3-8-19-27/h2-3,5-8,13,16-21,24-25,31H,4,9-12,14-15,22-23H2,1H3/t24-/m1/s1. The normalized spacial score (nSPS) is 19.4. The predicted octanol–water partition coefficient (Wildman–Crippen LogP) is 5.65. The molecule has 0 bridgehead atoms. The van der Waals surface area contributed by atoms with Crippen LogP contribution in [0.25, 0.3) is 0 Å². The van der Waals surface area contributed by atoms with Crippen LogP contribution in [-0.2, 0) is 0 Å². The van der Waals surface area contributed by atoms with E-state index in [4.69, 9.17) is 0 Å². The topological polar surface area (TPSA) is 23.5 Å². The third-order valence-corrected chi connectivity index (χ3v) is 9.43. The highest BCUT2D eigenvalue weighted by Crippen LogP contribution is 2.57. The van der Waals surface area contributed by atoms with Crippen LogP contribution in [0.3, 0.4) is 0 Å². The Hall–Kier alpha value is -1.21. The number of rotatable bonds is 11. The van der Waals surface area contributed by atoms with Crippen LogP contribution in [0.5, 0.6) is 0 Å². The minimum atomic E-state index is -0.577. The van der Waals surface area contributed by atoms with Gasteiger partial charge >= 0.3 is 0 Å². The average Bonchev–Trinajstić information content (AvgIpc) is 3.53. The largest absolute Gasteiger partial charge is 0.396 e. The average molecular weight is 447 g/mol. The summed E-state index contributed by atoms with van der Waals surface area (Å²) in [6.45, 7) is 3.86. The Labute approximate surface area is 197 Å². The maximum Gasteiger partial charge on any atom is 0.0431 e. The van der Waals surface area contributed by atoms with E-state index in [1.54, 1.807) is 0 Å². The summed E-state index contributed by atoms with van der Waals surface area (Å²) in [6, 6.07) is 23.2. The first-order valence-corrected chi connectivity index (χ1v) is 13.7. The second-order valence-electron chi connectivity index (χ2n) is 9.01. The van der Waals surface area contributed by atoms with Gasteiger partial charge in [0.15, 0.2) is 0 Å². The number of aliphatic hydroxyl groups is 1. The lowest BCUT2D eigenvalue weighted by molar-refractivity contribution is 0.151. The van der Waals surface area contributed by atoms with Gasteiger partial charge in [-0.2, -0.15) is 0 Å². The lowest BCUT2D eigenvalue weighted by atomic mass is 9.95. The summed E-state index contributed by atoms with van der Waals surface area (Å²) in [5.41, 5.74) is 1.50. The first kappa shape index (κ1) is 23.9. The van der Waals surface area contributed by atoms with Crippen LogP contribution in [0.15, 0.2) is 60.7 Å². The van der Waals surface area contributed by atoms with E-state index < -0.39 is 7.92 Å². The molecule has 3 heteroatoms. The van der Waals surface area contributed by atoms with Crippen LogP contribution in [0.4, 0.5) is 0 Å². The second kappa shape index (κ2) is 12.3. The molecule has 4 rings (SSSR count). The molecule has 1 atom stereocenters. The SMILES string of the molecule is C[C@H]([C]1[CH][CH][CH][C]1P(c1ccccc1)c1ccccc1)N(CCCCCO)C1CCCC1. The minimum Gasteiger partial charge on any atom is -0.396 e. The summed E-state index contributed by atoms with van der Waals surface area (Å²) in [7, 11) is -0.577. The Morgan fingerprint density at radius 3 is 2.09 bits per heavy atom. The lowest BCUT2D eigenvalue weighted by Gasteiger charge is -2.41. The van der Waals surface area contributed by atoms with Gasteiger partial charge in [0.1, 0.15) is 0 Å². The van der Waals surface area contributed by atoms with Crippen LogP contribution in [0.2, 0.25) is 0 Å². The van der Waals surface area contributed by atoms with E-state index in [0.29, 0.717) is 18.7 Å². The Balaban J connectivity index is 1.57. The van der Waals surface area contributed by atoms with E-state index in [-0.39, 0.29) is 0 Å². The molecule has 2 aliphatic rings. The molecular formula is C29H37NOP. The van der Waals surface area contributed by atoms with Crippen LogP contribution < -0.4 is 10.6 Å². The molecule has 2 nitrogen and oxygen atoms in total. The molecule has 0 aliphatic heterocycles. The van der Waals surface area contributed by atoms with Crippen molar-refractivity contribution in [3.05, 3.63) is 91.5 Å². The van der Waals surface area contributed by atoms with Crippen LogP contribution in [0.1, 0.15) is 51.9 Å². The summed E-state index contributed by atoms with van der Waals surface area (Å²) in [6.07, 6.45) is 15.6. The quantitative estimate of drug-likeness (QED) is 0.356. The van der Waals surface area contributed by atoms with Gasteiger partial charge in [-0.3, -0.25) is 4.90 Å². The fraction of sp³-hybridized carbons (Fsp3) is 0.414. The molecule has 2 aromatic rings. The zero-order chi connectivity index (χ0) is 22.2. The van der Waals surface area contributed by atoms with Gasteiger partial charge in [-0.05, 0) is 83.4 Å². The van der Waals surface area contributed by atoms with E-state index in [0.717, 1.165) is 19.4 Å². The van der Waals surface area contributed by atoms with Gasteiger partial charge in [-0.15, -0.1) is 0 Å². The molecule has 0 unspecified atom stereocenters. The molecule has 1 N–H and O–H groups in total. The summed E-state index contributed by atoms with van der Waals surface area (Å²) >= 11 is 0. The van der Waals surface area contributed by atoms with E-state index in [2.05, 4.69) is 91.7 Å². The molecule has 169 valence electrons. The molecule has 0 heterocycles. The van der Waals surface area contributed by atoms with E-state index in [1.807, 2.05) is 0 Å². The summed E-state index contributed by atoms with van der Waals surface area (Å²) in [5, 5.41) is 12.0. The molecule has 2 fully saturated rings. The molecule has 2 aromatic carbocycles. The summed E-state index contributed by atoms with van der Waals surface area (Å²) < 4.78 is 0. The van der Waals surface area contributed by atoms with E-state index >= 15 is 0 Å². The molecule has 0 saturated heterocycles. The Morgan fingerprint density at radius 2 is 1.50 bits per heavy atom. The number of benzene rings is 2. The monoisotopic (exact) mass is 446 g/mol. The zero-order valence-corrected chi connectivity index (χ0v) is 20.3. The van der Waals surface area contributed by atoms with Gasteiger partial charge in [0, 0.05) is 30.3 Å². The maximum atomic E-state index is 9.20. The maximum absolute atomic E-state index is 9.20. The molecule has 0 spiro atoms. The highest BCUT2D eigenvalue weighted by Gasteiger charge is 2.42. The van der Waals surface area contributed by atoms with Crippen LogP contribution >= 0.6 is 7.92 Å². The van der Waals surface area contributed by atoms with Gasteiger partial charge in [0.25, 0.3) is 0 Å². The smallest absolute Gasteiger partial charge is 0.0431 e. The zero-order valence-electron chi connectivity index (χ0n) is 19.4. The van der Waals surface area contributed by atoms with Crippen molar-refractivity contribution in [3.8, 4) is 0 Å². The summed E-state index contributed by atoms with van der Waals surface area (Å²) in [5.74, 6) is 1.50. The molecule has 5 radical (unpaired) electrons. The molecule has 2 saturated carbocycles. The van der Waals surface area contributed by atoms with E-state index in [1.165, 1.54) is 54.3 Å². The fourth-order valence-electron chi connectivity index (χ4n) is 5.25.